The largest absolute Gasteiger partial charge is 0.496 e. The number of methoxy groups -OCH3 is 1. The van der Waals surface area contributed by atoms with Crippen molar-refractivity contribution in [2.45, 2.75) is 6.92 Å². The fourth-order valence-electron chi connectivity index (χ4n) is 1.05. The highest BCUT2D eigenvalue weighted by atomic mass is 16.5. The van der Waals surface area contributed by atoms with E-state index in [1.165, 1.54) is 0 Å². The Kier molecular flexibility index (Phi) is 2.73. The van der Waals surface area contributed by atoms with Gasteiger partial charge in [0.05, 0.1) is 7.11 Å². The van der Waals surface area contributed by atoms with E-state index in [0.29, 0.717) is 0 Å². The van der Waals surface area contributed by atoms with Gasteiger partial charge in [0, 0.05) is 11.1 Å². The average molecular weight is 160 g/mol. The van der Waals surface area contributed by atoms with Gasteiger partial charge in [-0.1, -0.05) is 24.8 Å². The molecular formula is C11H12O. The molecule has 1 aromatic carbocycles. The van der Waals surface area contributed by atoms with Gasteiger partial charge in [-0.25, -0.2) is 0 Å². The second-order valence-electron chi connectivity index (χ2n) is 2.50. The molecule has 0 amide bonds. The number of para-hydroxylation sites is 1. The van der Waals surface area contributed by atoms with Gasteiger partial charge in [-0.2, -0.15) is 0 Å². The first-order valence-electron chi connectivity index (χ1n) is 3.79. The summed E-state index contributed by atoms with van der Waals surface area (Å²) in [5, 5.41) is 0. The molecule has 0 aliphatic rings. The van der Waals surface area contributed by atoms with Gasteiger partial charge >= 0.3 is 0 Å². The molecule has 0 unspecified atom stereocenters. The summed E-state index contributed by atoms with van der Waals surface area (Å²) >= 11 is 0. The van der Waals surface area contributed by atoms with Crippen molar-refractivity contribution in [2.75, 3.05) is 7.11 Å². The minimum absolute atomic E-state index is 0.867. The molecule has 0 aromatic heterocycles. The molecule has 1 heteroatoms. The molecule has 0 radical (unpaired) electrons. The fourth-order valence-corrected chi connectivity index (χ4v) is 1.05. The smallest absolute Gasteiger partial charge is 0.126 e. The summed E-state index contributed by atoms with van der Waals surface area (Å²) in [5.41, 5.74) is 4.90. The SMILES string of the molecule is C=C=C(C)c1ccccc1OC. The molecule has 0 saturated carbocycles. The Labute approximate surface area is 73.0 Å². The zero-order chi connectivity index (χ0) is 8.97. The number of hydrogen-bond donors (Lipinski definition) is 0. The lowest BCUT2D eigenvalue weighted by atomic mass is 10.1. The second kappa shape index (κ2) is 3.80. The lowest BCUT2D eigenvalue weighted by molar-refractivity contribution is 0.413. The van der Waals surface area contributed by atoms with E-state index in [1.54, 1.807) is 7.11 Å². The third-order valence-electron chi connectivity index (χ3n) is 1.78. The number of allylic oxidation sites excluding steroid dienone is 1. The molecule has 0 saturated heterocycles. The first kappa shape index (κ1) is 8.63. The summed E-state index contributed by atoms with van der Waals surface area (Å²) in [6.07, 6.45) is 0. The Balaban J connectivity index is 3.22. The van der Waals surface area contributed by atoms with E-state index in [1.807, 2.05) is 31.2 Å². The summed E-state index contributed by atoms with van der Waals surface area (Å²) in [4.78, 5) is 0. The molecule has 12 heavy (non-hydrogen) atoms. The van der Waals surface area contributed by atoms with Crippen LogP contribution in [0.4, 0.5) is 0 Å². The zero-order valence-corrected chi connectivity index (χ0v) is 7.42. The van der Waals surface area contributed by atoms with Crippen molar-refractivity contribution in [1.29, 1.82) is 0 Å². The van der Waals surface area contributed by atoms with E-state index < -0.39 is 0 Å². The van der Waals surface area contributed by atoms with Crippen LogP contribution in [0.3, 0.4) is 0 Å². The van der Waals surface area contributed by atoms with Crippen LogP contribution in [0, 0.1) is 0 Å². The molecular weight excluding hydrogens is 148 g/mol. The van der Waals surface area contributed by atoms with Crippen LogP contribution in [0.5, 0.6) is 5.75 Å². The normalized spacial score (nSPS) is 8.83. The Morgan fingerprint density at radius 2 is 2.08 bits per heavy atom. The lowest BCUT2D eigenvalue weighted by Crippen LogP contribution is -1.87. The first-order valence-corrected chi connectivity index (χ1v) is 3.79. The van der Waals surface area contributed by atoms with Crippen LogP contribution in [0.2, 0.25) is 0 Å². The van der Waals surface area contributed by atoms with Gasteiger partial charge in [-0.3, -0.25) is 0 Å². The van der Waals surface area contributed by atoms with Crippen molar-refractivity contribution < 1.29 is 4.74 Å². The fraction of sp³-hybridized carbons (Fsp3) is 0.182. The van der Waals surface area contributed by atoms with Gasteiger partial charge in [0.2, 0.25) is 0 Å². The molecule has 0 atom stereocenters. The Morgan fingerprint density at radius 3 is 2.67 bits per heavy atom. The molecule has 1 rings (SSSR count). The molecule has 1 aromatic rings. The van der Waals surface area contributed by atoms with E-state index in [-0.39, 0.29) is 0 Å². The number of ether oxygens (including phenoxy) is 1. The van der Waals surface area contributed by atoms with Crippen molar-refractivity contribution in [3.05, 3.63) is 42.1 Å². The van der Waals surface area contributed by atoms with E-state index in [2.05, 4.69) is 12.3 Å². The number of rotatable bonds is 2. The highest BCUT2D eigenvalue weighted by molar-refractivity contribution is 5.68. The molecule has 1 nitrogen and oxygen atoms in total. The average Bonchev–Trinajstić information content (AvgIpc) is 2.16. The monoisotopic (exact) mass is 160 g/mol. The van der Waals surface area contributed by atoms with E-state index >= 15 is 0 Å². The van der Waals surface area contributed by atoms with Crippen LogP contribution in [0.15, 0.2) is 36.6 Å². The van der Waals surface area contributed by atoms with Crippen LogP contribution in [-0.4, -0.2) is 7.11 Å². The summed E-state index contributed by atoms with van der Waals surface area (Å²) in [6, 6.07) is 7.83. The Morgan fingerprint density at radius 1 is 1.42 bits per heavy atom. The molecule has 62 valence electrons. The van der Waals surface area contributed by atoms with Gasteiger partial charge in [0.25, 0.3) is 0 Å². The molecule has 0 aliphatic heterocycles. The first-order chi connectivity index (χ1) is 5.79. The molecule has 0 bridgehead atoms. The molecule has 0 spiro atoms. The quantitative estimate of drug-likeness (QED) is 0.604. The third-order valence-corrected chi connectivity index (χ3v) is 1.78. The third kappa shape index (κ3) is 1.58. The molecule has 0 fully saturated rings. The van der Waals surface area contributed by atoms with Crippen molar-refractivity contribution in [3.63, 3.8) is 0 Å². The van der Waals surface area contributed by atoms with Crippen LogP contribution in [0.25, 0.3) is 5.57 Å². The van der Waals surface area contributed by atoms with Crippen molar-refractivity contribution in [1.82, 2.24) is 0 Å². The van der Waals surface area contributed by atoms with Crippen LogP contribution >= 0.6 is 0 Å². The molecule has 0 N–H and O–H groups in total. The topological polar surface area (TPSA) is 9.23 Å². The minimum atomic E-state index is 0.867. The minimum Gasteiger partial charge on any atom is -0.496 e. The van der Waals surface area contributed by atoms with Crippen LogP contribution in [0.1, 0.15) is 12.5 Å². The highest BCUT2D eigenvalue weighted by Gasteiger charge is 2.01. The maximum Gasteiger partial charge on any atom is 0.126 e. The predicted molar refractivity (Wildman–Crippen MR) is 51.2 cm³/mol. The molecule has 0 heterocycles. The maximum absolute atomic E-state index is 5.18. The molecule has 0 aliphatic carbocycles. The van der Waals surface area contributed by atoms with Gasteiger partial charge in [-0.05, 0) is 13.0 Å². The highest BCUT2D eigenvalue weighted by Crippen LogP contribution is 2.23. The summed E-state index contributed by atoms with van der Waals surface area (Å²) in [6.45, 7) is 5.56. The number of benzene rings is 1. The maximum atomic E-state index is 5.18. The van der Waals surface area contributed by atoms with Crippen molar-refractivity contribution in [2.24, 2.45) is 0 Å². The number of hydrogen-bond acceptors (Lipinski definition) is 1. The summed E-state index contributed by atoms with van der Waals surface area (Å²) in [5.74, 6) is 0.867. The standard InChI is InChI=1S/C11H12O/c1-4-9(2)10-7-5-6-8-11(10)12-3/h5-8H,1H2,2-3H3. The van der Waals surface area contributed by atoms with Gasteiger partial charge in [0.1, 0.15) is 5.75 Å². The Hall–Kier alpha value is -1.46. The van der Waals surface area contributed by atoms with Crippen LogP contribution < -0.4 is 4.74 Å². The predicted octanol–water partition coefficient (Wildman–Crippen LogP) is 2.88. The van der Waals surface area contributed by atoms with Gasteiger partial charge in [0.15, 0.2) is 0 Å². The Bertz CT molecular complexity index is 320. The summed E-state index contributed by atoms with van der Waals surface area (Å²) in [7, 11) is 1.66. The summed E-state index contributed by atoms with van der Waals surface area (Å²) < 4.78 is 5.18. The van der Waals surface area contributed by atoms with Gasteiger partial charge in [-0.15, -0.1) is 5.73 Å². The van der Waals surface area contributed by atoms with Crippen molar-refractivity contribution >= 4 is 5.57 Å². The van der Waals surface area contributed by atoms with E-state index in [0.717, 1.165) is 16.9 Å². The van der Waals surface area contributed by atoms with E-state index in [9.17, 15) is 0 Å². The van der Waals surface area contributed by atoms with E-state index in [4.69, 9.17) is 4.74 Å². The van der Waals surface area contributed by atoms with Crippen molar-refractivity contribution in [3.8, 4) is 5.75 Å². The lowest BCUT2D eigenvalue weighted by Gasteiger charge is -2.05. The zero-order valence-electron chi connectivity index (χ0n) is 7.42. The van der Waals surface area contributed by atoms with Crippen LogP contribution in [-0.2, 0) is 0 Å². The van der Waals surface area contributed by atoms with Gasteiger partial charge < -0.3 is 4.74 Å². The second-order valence-corrected chi connectivity index (χ2v) is 2.50.